The third kappa shape index (κ3) is 11.3. The molecule has 1 N–H and O–H groups in total. The topological polar surface area (TPSA) is 55.4 Å². The van der Waals surface area contributed by atoms with Crippen LogP contribution < -0.4 is 9.46 Å². The number of alkyl halides is 2. The molecule has 0 aromatic heterocycles. The van der Waals surface area contributed by atoms with E-state index in [4.69, 9.17) is 6.42 Å². The number of hydrogen-bond acceptors (Lipinski definition) is 3. The van der Waals surface area contributed by atoms with Gasteiger partial charge in [0.15, 0.2) is 0 Å². The second-order valence-corrected chi connectivity index (χ2v) is 10.2. The third-order valence-electron chi connectivity index (χ3n) is 4.61. The van der Waals surface area contributed by atoms with Gasteiger partial charge in [-0.05, 0) is 89.4 Å². The highest BCUT2D eigenvalue weighted by Gasteiger charge is 2.23. The van der Waals surface area contributed by atoms with Crippen molar-refractivity contribution in [3.8, 4) is 18.1 Å². The Labute approximate surface area is 199 Å². The van der Waals surface area contributed by atoms with Gasteiger partial charge in [0.2, 0.25) is 10.0 Å². The molecule has 4 nitrogen and oxygen atoms in total. The first kappa shape index (κ1) is 28.6. The first-order chi connectivity index (χ1) is 15.3. The van der Waals surface area contributed by atoms with E-state index in [9.17, 15) is 17.2 Å². The third-order valence-corrected chi connectivity index (χ3v) is 5.99. The van der Waals surface area contributed by atoms with E-state index in [1.165, 1.54) is 33.5 Å². The van der Waals surface area contributed by atoms with E-state index in [0.717, 1.165) is 41.5 Å². The number of nitrogens with one attached hydrogen (secondary N) is 1. The molecular formula is C25H32F2NO3PS. The van der Waals surface area contributed by atoms with E-state index < -0.39 is 15.9 Å². The number of halogens is 2. The maximum atomic E-state index is 12.8. The van der Waals surface area contributed by atoms with E-state index in [1.807, 2.05) is 33.8 Å². The summed E-state index contributed by atoms with van der Waals surface area (Å²) < 4.78 is 57.9. The summed E-state index contributed by atoms with van der Waals surface area (Å²) in [6.07, 6.45) is 7.25. The summed E-state index contributed by atoms with van der Waals surface area (Å²) in [7, 11) is -2.39. The van der Waals surface area contributed by atoms with Gasteiger partial charge in [0.1, 0.15) is 5.75 Å². The monoisotopic (exact) mass is 495 g/mol. The van der Waals surface area contributed by atoms with Crippen molar-refractivity contribution in [3.05, 3.63) is 70.8 Å². The van der Waals surface area contributed by atoms with Crippen molar-refractivity contribution in [1.82, 2.24) is 0 Å². The van der Waals surface area contributed by atoms with Crippen molar-refractivity contribution in [2.24, 2.45) is 0 Å². The average molecular weight is 496 g/mol. The Morgan fingerprint density at radius 3 is 2.30 bits per heavy atom. The van der Waals surface area contributed by atoms with Crippen LogP contribution in [-0.2, 0) is 22.2 Å². The Kier molecular flexibility index (Phi) is 11.0. The van der Waals surface area contributed by atoms with Gasteiger partial charge < -0.3 is 4.74 Å². The summed E-state index contributed by atoms with van der Waals surface area (Å²) >= 11 is 0. The first-order valence-electron chi connectivity index (χ1n) is 10.4. The molecule has 180 valence electrons. The fourth-order valence-electron chi connectivity index (χ4n) is 2.84. The Hall–Kier alpha value is -2.42. The van der Waals surface area contributed by atoms with Crippen LogP contribution in [0.3, 0.4) is 0 Å². The molecule has 0 fully saturated rings. The number of allylic oxidation sites excluding steroid dienone is 1. The molecule has 0 aliphatic rings. The van der Waals surface area contributed by atoms with Gasteiger partial charge in [-0.2, -0.15) is 8.78 Å². The number of aryl methyl sites for hydroxylation is 2. The number of rotatable bonds is 9. The fraction of sp³-hybridized carbons (Fsp3) is 0.360. The molecule has 0 spiro atoms. The molecule has 0 saturated carbocycles. The standard InChI is InChI=1S/C21H26F2NO3PS.C4H6/c1-14(2)5-8-18-12-19(11-15(3)16(18)4)24-29(25,26)13-17-6-9-20(10-7-17)27-21(22,23)28;1-3-4-2/h6-7,9-12,24H,1,5,8,13,28H2,2-4H3;1H,4H2,2H3. The van der Waals surface area contributed by atoms with Crippen LogP contribution in [0.15, 0.2) is 48.6 Å². The molecule has 0 heterocycles. The number of benzene rings is 2. The molecule has 2 aromatic carbocycles. The lowest BCUT2D eigenvalue weighted by atomic mass is 9.97. The van der Waals surface area contributed by atoms with E-state index >= 15 is 0 Å². The summed E-state index contributed by atoms with van der Waals surface area (Å²) in [5.41, 5.74) is 5.25. The van der Waals surface area contributed by atoms with Crippen molar-refractivity contribution in [2.45, 2.75) is 58.6 Å². The molecule has 2 rings (SSSR count). The zero-order valence-electron chi connectivity index (χ0n) is 19.5. The van der Waals surface area contributed by atoms with Crippen LogP contribution in [0.4, 0.5) is 14.5 Å². The van der Waals surface area contributed by atoms with Gasteiger partial charge in [-0.3, -0.25) is 4.72 Å². The highest BCUT2D eigenvalue weighted by Crippen LogP contribution is 2.28. The van der Waals surface area contributed by atoms with Crippen molar-refractivity contribution < 1.29 is 21.9 Å². The minimum atomic E-state index is -3.67. The first-order valence-corrected chi connectivity index (χ1v) is 12.6. The van der Waals surface area contributed by atoms with Crippen LogP contribution >= 0.6 is 9.24 Å². The zero-order valence-corrected chi connectivity index (χ0v) is 21.5. The SMILES string of the molecule is C#CCC.C=C(C)CCc1cc(NS(=O)(=O)Cc2ccc(OC(F)(F)P)cc2)cc(C)c1C. The average Bonchev–Trinajstić information content (AvgIpc) is 2.69. The van der Waals surface area contributed by atoms with Gasteiger partial charge in [0.25, 0.3) is 0 Å². The van der Waals surface area contributed by atoms with Crippen LogP contribution in [0.1, 0.15) is 48.9 Å². The minimum absolute atomic E-state index is 0.0459. The summed E-state index contributed by atoms with van der Waals surface area (Å²) in [5.74, 6) is -1.27. The molecule has 0 amide bonds. The normalized spacial score (nSPS) is 11.1. The van der Waals surface area contributed by atoms with Crippen LogP contribution in [0.5, 0.6) is 5.75 Å². The maximum Gasteiger partial charge on any atom is 0.408 e. The van der Waals surface area contributed by atoms with Crippen LogP contribution in [-0.4, -0.2) is 14.3 Å². The lowest BCUT2D eigenvalue weighted by Crippen LogP contribution is -2.16. The number of anilines is 1. The van der Waals surface area contributed by atoms with Gasteiger partial charge in [0.05, 0.1) is 5.75 Å². The van der Waals surface area contributed by atoms with Crippen molar-refractivity contribution >= 4 is 25.0 Å². The largest absolute Gasteiger partial charge is 0.430 e. The van der Waals surface area contributed by atoms with E-state index in [0.29, 0.717) is 11.3 Å². The summed E-state index contributed by atoms with van der Waals surface area (Å²) in [4.78, 5) is 0. The predicted molar refractivity (Wildman–Crippen MR) is 136 cm³/mol. The summed E-state index contributed by atoms with van der Waals surface area (Å²) in [6, 6.07) is 9.17. The molecule has 0 saturated heterocycles. The van der Waals surface area contributed by atoms with Gasteiger partial charge in [0, 0.05) is 12.1 Å². The lowest BCUT2D eigenvalue weighted by molar-refractivity contribution is -0.0892. The van der Waals surface area contributed by atoms with Gasteiger partial charge >= 0.3 is 5.85 Å². The molecule has 1 atom stereocenters. The Balaban J connectivity index is 0.00000125. The van der Waals surface area contributed by atoms with Crippen LogP contribution in [0, 0.1) is 26.2 Å². The molecule has 0 aliphatic heterocycles. The van der Waals surface area contributed by atoms with Crippen molar-refractivity contribution in [2.75, 3.05) is 4.72 Å². The quantitative estimate of drug-likeness (QED) is 0.243. The Morgan fingerprint density at radius 1 is 1.24 bits per heavy atom. The molecule has 0 radical (unpaired) electrons. The van der Waals surface area contributed by atoms with Crippen molar-refractivity contribution in [3.63, 3.8) is 0 Å². The number of ether oxygens (including phenoxy) is 1. The van der Waals surface area contributed by atoms with E-state index in [2.05, 4.69) is 22.0 Å². The molecule has 33 heavy (non-hydrogen) atoms. The zero-order chi connectivity index (χ0) is 25.2. The molecule has 0 bridgehead atoms. The maximum absolute atomic E-state index is 12.8. The van der Waals surface area contributed by atoms with Gasteiger partial charge in [-0.15, -0.1) is 18.9 Å². The smallest absolute Gasteiger partial charge is 0.408 e. The Morgan fingerprint density at radius 2 is 1.82 bits per heavy atom. The Bertz CT molecular complexity index is 1090. The van der Waals surface area contributed by atoms with E-state index in [1.54, 1.807) is 6.07 Å². The van der Waals surface area contributed by atoms with Crippen LogP contribution in [0.25, 0.3) is 0 Å². The second kappa shape index (κ2) is 12.7. The minimum Gasteiger partial charge on any atom is -0.430 e. The van der Waals surface area contributed by atoms with E-state index in [-0.39, 0.29) is 11.5 Å². The second-order valence-electron chi connectivity index (χ2n) is 7.76. The molecule has 8 heteroatoms. The number of sulfonamides is 1. The fourth-order valence-corrected chi connectivity index (χ4v) is 4.16. The predicted octanol–water partition coefficient (Wildman–Crippen LogP) is 6.59. The molecule has 0 aliphatic carbocycles. The van der Waals surface area contributed by atoms with Gasteiger partial charge in [-0.1, -0.05) is 24.6 Å². The number of terminal acetylenes is 1. The molecule has 2 aromatic rings. The highest BCUT2D eigenvalue weighted by atomic mass is 32.2. The lowest BCUT2D eigenvalue weighted by Gasteiger charge is -2.15. The molecule has 1 unspecified atom stereocenters. The van der Waals surface area contributed by atoms with Crippen molar-refractivity contribution in [1.29, 1.82) is 0 Å². The molecular weight excluding hydrogens is 463 g/mol. The van der Waals surface area contributed by atoms with Crippen LogP contribution in [0.2, 0.25) is 0 Å². The highest BCUT2D eigenvalue weighted by molar-refractivity contribution is 7.91. The summed E-state index contributed by atoms with van der Waals surface area (Å²) in [6.45, 7) is 11.8. The summed E-state index contributed by atoms with van der Waals surface area (Å²) in [5, 5.41) is 0. The number of hydrogen-bond donors (Lipinski definition) is 1. The van der Waals surface area contributed by atoms with Gasteiger partial charge in [-0.25, -0.2) is 8.42 Å².